The molecule has 0 bridgehead atoms. The third-order valence-electron chi connectivity index (χ3n) is 6.21. The van der Waals surface area contributed by atoms with Crippen molar-refractivity contribution in [2.24, 2.45) is 5.92 Å². The zero-order valence-corrected chi connectivity index (χ0v) is 18.7. The summed E-state index contributed by atoms with van der Waals surface area (Å²) in [6.45, 7) is 6.13. The first-order valence-corrected chi connectivity index (χ1v) is 11.6. The van der Waals surface area contributed by atoms with E-state index in [1.165, 1.54) is 37.7 Å². The summed E-state index contributed by atoms with van der Waals surface area (Å²) in [4.78, 5) is 11.2. The minimum Gasteiger partial charge on any atom is -0.463 e. The van der Waals surface area contributed by atoms with E-state index in [-0.39, 0.29) is 11.8 Å². The highest BCUT2D eigenvalue weighted by atomic mass is 16.5. The fourth-order valence-electron chi connectivity index (χ4n) is 4.28. The molecule has 0 unspecified atom stereocenters. The van der Waals surface area contributed by atoms with Crippen LogP contribution in [0.3, 0.4) is 0 Å². The Balaban J connectivity index is 1.36. The summed E-state index contributed by atoms with van der Waals surface area (Å²) >= 11 is 0. The Hall–Kier alpha value is -2.71. The lowest BCUT2D eigenvalue weighted by atomic mass is 10.0. The van der Waals surface area contributed by atoms with Crippen molar-refractivity contribution in [2.75, 3.05) is 44.0 Å². The number of nitrogen functional groups attached to an aromatic ring is 1. The summed E-state index contributed by atoms with van der Waals surface area (Å²) in [5, 5.41) is 11.0. The van der Waals surface area contributed by atoms with Crippen LogP contribution >= 0.6 is 0 Å². The molecule has 1 aromatic carbocycles. The molecule has 2 aliphatic rings. The summed E-state index contributed by atoms with van der Waals surface area (Å²) in [6, 6.07) is 8.90. The van der Waals surface area contributed by atoms with Crippen molar-refractivity contribution >= 4 is 17.9 Å². The average Bonchev–Trinajstić information content (AvgIpc) is 3.17. The van der Waals surface area contributed by atoms with Gasteiger partial charge >= 0.3 is 6.01 Å². The fourth-order valence-corrected chi connectivity index (χ4v) is 4.28. The SMILES string of the molecule is N=Cc1c(N)nc(OC[C@@H]2CCCOCC2)nc1NCc1ccc(CN2CCCC2)cc1. The van der Waals surface area contributed by atoms with Crippen molar-refractivity contribution in [1.29, 1.82) is 5.41 Å². The number of hydrogen-bond acceptors (Lipinski definition) is 8. The number of anilines is 2. The van der Waals surface area contributed by atoms with Crippen LogP contribution in [0.1, 0.15) is 48.8 Å². The van der Waals surface area contributed by atoms with Gasteiger partial charge in [0.1, 0.15) is 11.6 Å². The largest absolute Gasteiger partial charge is 0.463 e. The van der Waals surface area contributed by atoms with Crippen LogP contribution in [0.4, 0.5) is 11.6 Å². The van der Waals surface area contributed by atoms with Gasteiger partial charge in [0, 0.05) is 32.5 Å². The number of hydrogen-bond donors (Lipinski definition) is 3. The summed E-state index contributed by atoms with van der Waals surface area (Å²) in [7, 11) is 0. The maximum Gasteiger partial charge on any atom is 0.320 e. The number of nitrogens with one attached hydrogen (secondary N) is 2. The monoisotopic (exact) mass is 438 g/mol. The molecule has 32 heavy (non-hydrogen) atoms. The Morgan fingerprint density at radius 1 is 1.09 bits per heavy atom. The van der Waals surface area contributed by atoms with E-state index >= 15 is 0 Å². The van der Waals surface area contributed by atoms with Gasteiger partial charge in [0.05, 0.1) is 12.2 Å². The molecule has 2 saturated heterocycles. The summed E-state index contributed by atoms with van der Waals surface area (Å²) in [5.74, 6) is 1.20. The van der Waals surface area contributed by atoms with Crippen LogP contribution in [0.5, 0.6) is 6.01 Å². The molecule has 0 aliphatic carbocycles. The van der Waals surface area contributed by atoms with Gasteiger partial charge in [-0.25, -0.2) is 0 Å². The molecule has 0 saturated carbocycles. The van der Waals surface area contributed by atoms with E-state index in [4.69, 9.17) is 20.6 Å². The second-order valence-corrected chi connectivity index (χ2v) is 8.67. The number of aromatic nitrogens is 2. The third kappa shape index (κ3) is 6.17. The van der Waals surface area contributed by atoms with Gasteiger partial charge in [-0.3, -0.25) is 4.90 Å². The molecule has 1 aromatic heterocycles. The topological polar surface area (TPSA) is 109 Å². The molecule has 0 radical (unpaired) electrons. The minimum absolute atomic E-state index is 0.248. The predicted octanol–water partition coefficient (Wildman–Crippen LogP) is 3.46. The molecule has 2 aromatic rings. The molecule has 4 N–H and O–H groups in total. The van der Waals surface area contributed by atoms with E-state index in [2.05, 4.69) is 44.5 Å². The van der Waals surface area contributed by atoms with E-state index < -0.39 is 0 Å². The zero-order chi connectivity index (χ0) is 22.2. The summed E-state index contributed by atoms with van der Waals surface area (Å²) < 4.78 is 11.4. The van der Waals surface area contributed by atoms with Gasteiger partial charge in [-0.05, 0) is 62.2 Å². The molecule has 1 atom stereocenters. The highest BCUT2D eigenvalue weighted by Crippen LogP contribution is 2.23. The Labute approximate surface area is 190 Å². The van der Waals surface area contributed by atoms with E-state index in [1.807, 2.05) is 0 Å². The van der Waals surface area contributed by atoms with Crippen molar-refractivity contribution in [3.8, 4) is 6.01 Å². The van der Waals surface area contributed by atoms with Crippen molar-refractivity contribution in [3.05, 3.63) is 41.0 Å². The van der Waals surface area contributed by atoms with Crippen LogP contribution in [0.25, 0.3) is 0 Å². The first kappa shape index (κ1) is 22.5. The quantitative estimate of drug-likeness (QED) is 0.514. The Morgan fingerprint density at radius 2 is 1.88 bits per heavy atom. The van der Waals surface area contributed by atoms with Crippen LogP contribution in [0.2, 0.25) is 0 Å². The molecule has 0 spiro atoms. The van der Waals surface area contributed by atoms with E-state index in [9.17, 15) is 0 Å². The number of nitrogens with zero attached hydrogens (tertiary/aromatic N) is 3. The third-order valence-corrected chi connectivity index (χ3v) is 6.21. The summed E-state index contributed by atoms with van der Waals surface area (Å²) in [5.41, 5.74) is 9.04. The average molecular weight is 439 g/mol. The van der Waals surface area contributed by atoms with Crippen LogP contribution in [-0.4, -0.2) is 54.0 Å². The van der Waals surface area contributed by atoms with Crippen LogP contribution in [0.15, 0.2) is 24.3 Å². The number of likely N-dealkylation sites (tertiary alicyclic amines) is 1. The van der Waals surface area contributed by atoms with Gasteiger partial charge in [0.25, 0.3) is 0 Å². The Bertz CT molecular complexity index is 875. The standard InChI is InChI=1S/C24H34N6O2/c25-14-21-22(26)28-24(32-17-20-4-3-12-31-13-9-20)29-23(21)27-15-18-5-7-19(8-6-18)16-30-10-1-2-11-30/h5-8,14,20,25H,1-4,9-13,15-17H2,(H3,26,27,28,29)/t20-/m1/s1. The molecule has 3 heterocycles. The maximum absolute atomic E-state index is 7.72. The van der Waals surface area contributed by atoms with Gasteiger partial charge in [-0.1, -0.05) is 24.3 Å². The van der Waals surface area contributed by atoms with Gasteiger partial charge in [0.15, 0.2) is 0 Å². The maximum atomic E-state index is 7.72. The highest BCUT2D eigenvalue weighted by Gasteiger charge is 2.16. The van der Waals surface area contributed by atoms with E-state index in [1.54, 1.807) is 0 Å². The number of benzene rings is 1. The van der Waals surface area contributed by atoms with Crippen LogP contribution < -0.4 is 15.8 Å². The molecule has 172 valence electrons. The van der Waals surface area contributed by atoms with Gasteiger partial charge < -0.3 is 25.9 Å². The van der Waals surface area contributed by atoms with Crippen molar-refractivity contribution in [2.45, 2.75) is 45.2 Å². The van der Waals surface area contributed by atoms with E-state index in [0.29, 0.717) is 30.5 Å². The van der Waals surface area contributed by atoms with Crippen molar-refractivity contribution in [1.82, 2.24) is 14.9 Å². The van der Waals surface area contributed by atoms with Crippen molar-refractivity contribution < 1.29 is 9.47 Å². The Morgan fingerprint density at radius 3 is 2.66 bits per heavy atom. The normalized spacial score (nSPS) is 19.4. The lowest BCUT2D eigenvalue weighted by Crippen LogP contribution is -2.18. The van der Waals surface area contributed by atoms with Crippen LogP contribution in [0, 0.1) is 11.3 Å². The minimum atomic E-state index is 0.248. The van der Waals surface area contributed by atoms with Gasteiger partial charge in [-0.15, -0.1) is 0 Å². The van der Waals surface area contributed by atoms with Gasteiger partial charge in [0.2, 0.25) is 0 Å². The molecule has 0 amide bonds. The lowest BCUT2D eigenvalue weighted by molar-refractivity contribution is 0.136. The second-order valence-electron chi connectivity index (χ2n) is 8.67. The second kappa shape index (κ2) is 11.2. The van der Waals surface area contributed by atoms with E-state index in [0.717, 1.165) is 44.6 Å². The first-order chi connectivity index (χ1) is 15.7. The molecule has 2 fully saturated rings. The summed E-state index contributed by atoms with van der Waals surface area (Å²) in [6.07, 6.45) is 6.90. The number of nitrogens with two attached hydrogens (primary N) is 1. The Kier molecular flexibility index (Phi) is 7.90. The first-order valence-electron chi connectivity index (χ1n) is 11.6. The van der Waals surface area contributed by atoms with Crippen LogP contribution in [-0.2, 0) is 17.8 Å². The zero-order valence-electron chi connectivity index (χ0n) is 18.7. The molecular formula is C24H34N6O2. The number of rotatable bonds is 9. The highest BCUT2D eigenvalue weighted by molar-refractivity contribution is 5.90. The smallest absolute Gasteiger partial charge is 0.320 e. The van der Waals surface area contributed by atoms with Crippen molar-refractivity contribution in [3.63, 3.8) is 0 Å². The fraction of sp³-hybridized carbons (Fsp3) is 0.542. The van der Waals surface area contributed by atoms with Gasteiger partial charge in [-0.2, -0.15) is 9.97 Å². The lowest BCUT2D eigenvalue weighted by Gasteiger charge is -2.16. The molecule has 4 rings (SSSR count). The number of ether oxygens (including phenoxy) is 2. The molecular weight excluding hydrogens is 404 g/mol. The predicted molar refractivity (Wildman–Crippen MR) is 126 cm³/mol. The molecule has 2 aliphatic heterocycles. The molecule has 8 heteroatoms. The molecule has 8 nitrogen and oxygen atoms in total.